The zero-order valence-corrected chi connectivity index (χ0v) is 10.7. The molecule has 0 amide bonds. The zero-order valence-electron chi connectivity index (χ0n) is 10.7. The van der Waals surface area contributed by atoms with Gasteiger partial charge in [-0.15, -0.1) is 0 Å². The van der Waals surface area contributed by atoms with Gasteiger partial charge < -0.3 is 15.3 Å². The molecule has 0 heterocycles. The molecule has 3 N–H and O–H groups in total. The summed E-state index contributed by atoms with van der Waals surface area (Å²) < 4.78 is 0. The second-order valence-corrected chi connectivity index (χ2v) is 4.49. The minimum Gasteiger partial charge on any atom is -0.481 e. The monoisotopic (exact) mass is 274 g/mol. The second kappa shape index (κ2) is 8.23. The van der Waals surface area contributed by atoms with Crippen LogP contribution in [0.2, 0.25) is 0 Å². The highest BCUT2D eigenvalue weighted by Crippen LogP contribution is 2.15. The summed E-state index contributed by atoms with van der Waals surface area (Å²) in [5, 5.41) is 26.0. The van der Waals surface area contributed by atoms with Gasteiger partial charge in [-0.1, -0.05) is 6.92 Å². The van der Waals surface area contributed by atoms with Gasteiger partial charge in [0.1, 0.15) is 5.78 Å². The van der Waals surface area contributed by atoms with Crippen LogP contribution in [0.5, 0.6) is 0 Å². The summed E-state index contributed by atoms with van der Waals surface area (Å²) in [6, 6.07) is 0. The number of carboxylic acids is 3. The van der Waals surface area contributed by atoms with Crippen molar-refractivity contribution < 1.29 is 34.5 Å². The van der Waals surface area contributed by atoms with Crippen molar-refractivity contribution in [2.24, 2.45) is 11.8 Å². The number of hydrogen-bond acceptors (Lipinski definition) is 4. The number of carbonyl (C=O) groups is 4. The lowest BCUT2D eigenvalue weighted by Crippen LogP contribution is -2.20. The van der Waals surface area contributed by atoms with Gasteiger partial charge in [-0.2, -0.15) is 0 Å². The van der Waals surface area contributed by atoms with E-state index in [-0.39, 0.29) is 37.9 Å². The number of carbonyl (C=O) groups excluding carboxylic acids is 1. The molecule has 0 aromatic rings. The fourth-order valence-electron chi connectivity index (χ4n) is 1.49. The molecule has 0 fully saturated rings. The molecule has 0 bridgehead atoms. The lowest BCUT2D eigenvalue weighted by molar-refractivity contribution is -0.145. The van der Waals surface area contributed by atoms with Gasteiger partial charge in [0.25, 0.3) is 0 Å². The summed E-state index contributed by atoms with van der Waals surface area (Å²) in [5.74, 6) is -5.37. The topological polar surface area (TPSA) is 129 Å². The molecule has 0 aliphatic rings. The molecule has 0 aromatic carbocycles. The van der Waals surface area contributed by atoms with E-state index in [9.17, 15) is 19.2 Å². The molecule has 0 unspecified atom stereocenters. The van der Waals surface area contributed by atoms with Crippen LogP contribution in [-0.2, 0) is 19.2 Å². The van der Waals surface area contributed by atoms with Crippen LogP contribution in [0.3, 0.4) is 0 Å². The van der Waals surface area contributed by atoms with Crippen molar-refractivity contribution in [1.29, 1.82) is 0 Å². The summed E-state index contributed by atoms with van der Waals surface area (Å²) in [6.07, 6.45) is -0.528. The second-order valence-electron chi connectivity index (χ2n) is 4.49. The standard InChI is InChI=1S/C12H18O7/c1-7(11(16)17)2-4-9(13)6-8(12(18)19)3-5-10(14)15/h7-8H,2-6H2,1H3,(H,14,15)(H,16,17)(H,18,19)/t7-,8-/m0/s1. The maximum absolute atomic E-state index is 11.5. The Kier molecular flexibility index (Phi) is 7.40. The Morgan fingerprint density at radius 3 is 1.89 bits per heavy atom. The number of rotatable bonds is 10. The fourth-order valence-corrected chi connectivity index (χ4v) is 1.49. The third-order valence-corrected chi connectivity index (χ3v) is 2.81. The van der Waals surface area contributed by atoms with E-state index in [2.05, 4.69) is 0 Å². The lowest BCUT2D eigenvalue weighted by Gasteiger charge is -2.11. The Balaban J connectivity index is 4.20. The molecule has 0 saturated heterocycles. The van der Waals surface area contributed by atoms with E-state index in [0.717, 1.165) is 0 Å². The van der Waals surface area contributed by atoms with Crippen LogP contribution in [-0.4, -0.2) is 39.0 Å². The predicted molar refractivity (Wildman–Crippen MR) is 63.7 cm³/mol. The van der Waals surface area contributed by atoms with E-state index in [4.69, 9.17) is 15.3 Å². The highest BCUT2D eigenvalue weighted by molar-refractivity contribution is 5.84. The molecule has 108 valence electrons. The van der Waals surface area contributed by atoms with Crippen molar-refractivity contribution >= 4 is 23.7 Å². The summed E-state index contributed by atoms with van der Waals surface area (Å²) in [5.41, 5.74) is 0. The summed E-state index contributed by atoms with van der Waals surface area (Å²) in [7, 11) is 0. The third-order valence-electron chi connectivity index (χ3n) is 2.81. The zero-order chi connectivity index (χ0) is 15.0. The van der Waals surface area contributed by atoms with Crippen molar-refractivity contribution in [2.75, 3.05) is 0 Å². The van der Waals surface area contributed by atoms with Crippen LogP contribution < -0.4 is 0 Å². The first kappa shape index (κ1) is 17.1. The van der Waals surface area contributed by atoms with E-state index in [1.54, 1.807) is 0 Å². The van der Waals surface area contributed by atoms with Crippen molar-refractivity contribution in [3.8, 4) is 0 Å². The quantitative estimate of drug-likeness (QED) is 0.542. The third kappa shape index (κ3) is 7.91. The van der Waals surface area contributed by atoms with Crippen LogP contribution >= 0.6 is 0 Å². The maximum atomic E-state index is 11.5. The average Bonchev–Trinajstić information content (AvgIpc) is 2.30. The predicted octanol–water partition coefficient (Wildman–Crippen LogP) is 1.01. The Labute approximate surface area is 110 Å². The molecule has 0 aliphatic heterocycles. The molecule has 0 spiro atoms. The minimum absolute atomic E-state index is 0.00961. The van der Waals surface area contributed by atoms with Crippen LogP contribution in [0.25, 0.3) is 0 Å². The van der Waals surface area contributed by atoms with Gasteiger partial charge in [-0.3, -0.25) is 19.2 Å². The van der Waals surface area contributed by atoms with Gasteiger partial charge in [-0.05, 0) is 12.8 Å². The SMILES string of the molecule is C[C@@H](CCC(=O)C[C@H](CCC(=O)O)C(=O)O)C(=O)O. The van der Waals surface area contributed by atoms with Crippen LogP contribution in [0.1, 0.15) is 39.0 Å². The van der Waals surface area contributed by atoms with Gasteiger partial charge >= 0.3 is 17.9 Å². The summed E-state index contributed by atoms with van der Waals surface area (Å²) >= 11 is 0. The number of hydrogen-bond donors (Lipinski definition) is 3. The van der Waals surface area contributed by atoms with E-state index in [0.29, 0.717) is 0 Å². The van der Waals surface area contributed by atoms with E-state index >= 15 is 0 Å². The van der Waals surface area contributed by atoms with E-state index in [1.807, 2.05) is 0 Å². The van der Waals surface area contributed by atoms with Crippen LogP contribution in [0.4, 0.5) is 0 Å². The smallest absolute Gasteiger partial charge is 0.306 e. The van der Waals surface area contributed by atoms with Gasteiger partial charge in [0.15, 0.2) is 0 Å². The first-order valence-electron chi connectivity index (χ1n) is 5.93. The van der Waals surface area contributed by atoms with Gasteiger partial charge in [0.05, 0.1) is 11.8 Å². The molecule has 0 aromatic heterocycles. The van der Waals surface area contributed by atoms with Gasteiger partial charge in [-0.25, -0.2) is 0 Å². The number of aliphatic carboxylic acids is 3. The largest absolute Gasteiger partial charge is 0.481 e. The molecule has 7 heteroatoms. The van der Waals surface area contributed by atoms with Gasteiger partial charge in [0.2, 0.25) is 0 Å². The summed E-state index contributed by atoms with van der Waals surface area (Å²) in [6.45, 7) is 1.47. The van der Waals surface area contributed by atoms with Crippen molar-refractivity contribution in [3.05, 3.63) is 0 Å². The molecule has 0 rings (SSSR count). The number of Topliss-reactive ketones (excluding diaryl/α,β-unsaturated/α-hetero) is 1. The van der Waals surface area contributed by atoms with E-state index in [1.165, 1.54) is 6.92 Å². The van der Waals surface area contributed by atoms with Gasteiger partial charge in [0, 0.05) is 19.3 Å². The molecule has 0 radical (unpaired) electrons. The lowest BCUT2D eigenvalue weighted by atomic mass is 9.94. The molecule has 2 atom stereocenters. The first-order valence-corrected chi connectivity index (χ1v) is 5.93. The van der Waals surface area contributed by atoms with Crippen molar-refractivity contribution in [1.82, 2.24) is 0 Å². The normalized spacial score (nSPS) is 13.5. The van der Waals surface area contributed by atoms with Crippen LogP contribution in [0, 0.1) is 11.8 Å². The van der Waals surface area contributed by atoms with Crippen molar-refractivity contribution in [2.45, 2.75) is 39.0 Å². The Bertz CT molecular complexity index is 361. The molecular weight excluding hydrogens is 256 g/mol. The first-order chi connectivity index (χ1) is 8.73. The Morgan fingerprint density at radius 1 is 0.895 bits per heavy atom. The van der Waals surface area contributed by atoms with Crippen molar-refractivity contribution in [3.63, 3.8) is 0 Å². The fraction of sp³-hybridized carbons (Fsp3) is 0.667. The number of ketones is 1. The average molecular weight is 274 g/mol. The maximum Gasteiger partial charge on any atom is 0.306 e. The molecule has 7 nitrogen and oxygen atoms in total. The highest BCUT2D eigenvalue weighted by Gasteiger charge is 2.22. The molecular formula is C12H18O7. The highest BCUT2D eigenvalue weighted by atomic mass is 16.4. The van der Waals surface area contributed by atoms with Crippen LogP contribution in [0.15, 0.2) is 0 Å². The molecule has 0 saturated carbocycles. The summed E-state index contributed by atoms with van der Waals surface area (Å²) in [4.78, 5) is 43.3. The molecule has 0 aliphatic carbocycles. The van der Waals surface area contributed by atoms with E-state index < -0.39 is 29.7 Å². The Hall–Kier alpha value is -1.92. The Morgan fingerprint density at radius 2 is 1.47 bits per heavy atom. The minimum atomic E-state index is -1.21. The molecule has 19 heavy (non-hydrogen) atoms. The number of carboxylic acid groups (broad SMARTS) is 3.